The van der Waals surface area contributed by atoms with Gasteiger partial charge in [-0.3, -0.25) is 9.88 Å². The predicted molar refractivity (Wildman–Crippen MR) is 113 cm³/mol. The number of aliphatic hydroxyl groups is 1. The number of aryl methyl sites for hydroxylation is 1. The van der Waals surface area contributed by atoms with E-state index in [0.29, 0.717) is 12.6 Å². The minimum absolute atomic E-state index is 0.434. The number of likely N-dealkylation sites (N-methyl/N-ethyl adjacent to an activating group) is 1. The predicted octanol–water partition coefficient (Wildman–Crippen LogP) is 3.34. The molecule has 2 heterocycles. The topological polar surface area (TPSA) is 48.8 Å². The first-order valence-corrected chi connectivity index (χ1v) is 10.1. The molecule has 1 aromatic heterocycles. The van der Waals surface area contributed by atoms with Crippen LogP contribution in [-0.4, -0.2) is 59.7 Å². The molecule has 152 valence electrons. The van der Waals surface area contributed by atoms with Crippen LogP contribution in [0.4, 0.5) is 0 Å². The Morgan fingerprint density at radius 1 is 1.21 bits per heavy atom. The molecule has 5 heteroatoms. The van der Waals surface area contributed by atoms with Crippen molar-refractivity contribution in [2.24, 2.45) is 0 Å². The molecule has 0 spiro atoms. The van der Waals surface area contributed by atoms with Crippen molar-refractivity contribution in [3.63, 3.8) is 0 Å². The monoisotopic (exact) mass is 383 g/mol. The van der Waals surface area contributed by atoms with Crippen molar-refractivity contribution in [2.75, 3.05) is 33.8 Å². The van der Waals surface area contributed by atoms with Gasteiger partial charge in [0.2, 0.25) is 0 Å². The molecule has 2 aromatic rings. The summed E-state index contributed by atoms with van der Waals surface area (Å²) in [5.41, 5.74) is 4.32. The fourth-order valence-corrected chi connectivity index (χ4v) is 4.16. The number of nitrogens with zero attached hydrogens (tertiary/aromatic N) is 3. The molecule has 1 aliphatic heterocycles. The van der Waals surface area contributed by atoms with Gasteiger partial charge in [0, 0.05) is 49.5 Å². The van der Waals surface area contributed by atoms with E-state index in [1.807, 2.05) is 43.5 Å². The largest absolute Gasteiger partial charge is 0.496 e. The molecule has 0 bridgehead atoms. The standard InChI is InChI=1S/C23H33N3O2/c1-17-14-24-21(18(2)23(17)28-4)15-26-12-10-20(11-13-26)25(3)16-22(27)19-8-6-5-7-9-19/h5-9,14,20,22,27H,10-13,15-16H2,1-4H3. The van der Waals surface area contributed by atoms with E-state index in [9.17, 15) is 5.11 Å². The Kier molecular flexibility index (Phi) is 7.05. The molecule has 1 aliphatic rings. The molecule has 1 saturated heterocycles. The number of piperidine rings is 1. The summed E-state index contributed by atoms with van der Waals surface area (Å²) in [6.45, 7) is 7.77. The molecular weight excluding hydrogens is 350 g/mol. The maximum atomic E-state index is 10.5. The zero-order valence-corrected chi connectivity index (χ0v) is 17.6. The molecule has 1 aromatic carbocycles. The molecule has 5 nitrogen and oxygen atoms in total. The molecule has 28 heavy (non-hydrogen) atoms. The second-order valence-corrected chi connectivity index (χ2v) is 7.92. The summed E-state index contributed by atoms with van der Waals surface area (Å²) in [6.07, 6.45) is 3.70. The molecule has 1 unspecified atom stereocenters. The van der Waals surface area contributed by atoms with E-state index in [1.54, 1.807) is 7.11 Å². The van der Waals surface area contributed by atoms with Gasteiger partial charge in [-0.1, -0.05) is 30.3 Å². The maximum absolute atomic E-state index is 10.5. The summed E-state index contributed by atoms with van der Waals surface area (Å²) >= 11 is 0. The van der Waals surface area contributed by atoms with Crippen molar-refractivity contribution in [3.8, 4) is 5.75 Å². The van der Waals surface area contributed by atoms with Crippen LogP contribution in [0.25, 0.3) is 0 Å². The van der Waals surface area contributed by atoms with Gasteiger partial charge in [-0.2, -0.15) is 0 Å². The highest BCUT2D eigenvalue weighted by Gasteiger charge is 2.25. The highest BCUT2D eigenvalue weighted by Crippen LogP contribution is 2.26. The van der Waals surface area contributed by atoms with E-state index in [0.717, 1.165) is 60.6 Å². The SMILES string of the molecule is COc1c(C)cnc(CN2CCC(N(C)CC(O)c3ccccc3)CC2)c1C. The molecule has 0 aliphatic carbocycles. The summed E-state index contributed by atoms with van der Waals surface area (Å²) in [7, 11) is 3.85. The Labute approximate surface area is 169 Å². The smallest absolute Gasteiger partial charge is 0.128 e. The molecule has 1 N–H and O–H groups in total. The fraction of sp³-hybridized carbons (Fsp3) is 0.522. The Bertz CT molecular complexity index is 758. The van der Waals surface area contributed by atoms with E-state index >= 15 is 0 Å². The van der Waals surface area contributed by atoms with Crippen LogP contribution in [0.3, 0.4) is 0 Å². The van der Waals surface area contributed by atoms with Crippen molar-refractivity contribution in [3.05, 3.63) is 58.9 Å². The molecule has 0 saturated carbocycles. The number of rotatable bonds is 7. The minimum atomic E-state index is -0.434. The number of aromatic nitrogens is 1. The third kappa shape index (κ3) is 4.90. The number of hydrogen-bond donors (Lipinski definition) is 1. The quantitative estimate of drug-likeness (QED) is 0.795. The number of hydrogen-bond acceptors (Lipinski definition) is 5. The zero-order valence-electron chi connectivity index (χ0n) is 17.6. The van der Waals surface area contributed by atoms with Gasteiger partial charge in [-0.25, -0.2) is 0 Å². The van der Waals surface area contributed by atoms with Gasteiger partial charge in [0.25, 0.3) is 0 Å². The van der Waals surface area contributed by atoms with Crippen LogP contribution >= 0.6 is 0 Å². The lowest BCUT2D eigenvalue weighted by molar-refractivity contribution is 0.0715. The Morgan fingerprint density at radius 2 is 1.89 bits per heavy atom. The van der Waals surface area contributed by atoms with Gasteiger partial charge >= 0.3 is 0 Å². The summed E-state index contributed by atoms with van der Waals surface area (Å²) in [4.78, 5) is 9.43. The van der Waals surface area contributed by atoms with Gasteiger partial charge in [0.05, 0.1) is 18.9 Å². The number of methoxy groups -OCH3 is 1. The second kappa shape index (κ2) is 9.50. The average Bonchev–Trinajstić information content (AvgIpc) is 2.71. The van der Waals surface area contributed by atoms with E-state index < -0.39 is 6.10 Å². The van der Waals surface area contributed by atoms with Gasteiger partial charge in [-0.05, 0) is 39.3 Å². The first-order valence-electron chi connectivity index (χ1n) is 10.1. The van der Waals surface area contributed by atoms with Crippen LogP contribution in [0.1, 0.15) is 41.3 Å². The highest BCUT2D eigenvalue weighted by molar-refractivity contribution is 5.41. The Balaban J connectivity index is 1.52. The van der Waals surface area contributed by atoms with E-state index in [2.05, 4.69) is 28.8 Å². The molecular formula is C23H33N3O2. The molecule has 0 radical (unpaired) electrons. The highest BCUT2D eigenvalue weighted by atomic mass is 16.5. The zero-order chi connectivity index (χ0) is 20.1. The number of likely N-dealkylation sites (tertiary alicyclic amines) is 1. The van der Waals surface area contributed by atoms with Gasteiger partial charge in [-0.15, -0.1) is 0 Å². The van der Waals surface area contributed by atoms with Crippen LogP contribution < -0.4 is 4.74 Å². The van der Waals surface area contributed by atoms with Crippen molar-refractivity contribution in [1.29, 1.82) is 0 Å². The fourth-order valence-electron chi connectivity index (χ4n) is 4.16. The number of ether oxygens (including phenoxy) is 1. The molecule has 1 atom stereocenters. The lowest BCUT2D eigenvalue weighted by atomic mass is 10.0. The van der Waals surface area contributed by atoms with Crippen molar-refractivity contribution >= 4 is 0 Å². The first kappa shape index (κ1) is 20.8. The van der Waals surface area contributed by atoms with Gasteiger partial charge < -0.3 is 14.7 Å². The lowest BCUT2D eigenvalue weighted by Gasteiger charge is -2.37. The minimum Gasteiger partial charge on any atom is -0.496 e. The number of pyridine rings is 1. The lowest BCUT2D eigenvalue weighted by Crippen LogP contribution is -2.44. The van der Waals surface area contributed by atoms with Crippen LogP contribution in [0, 0.1) is 13.8 Å². The van der Waals surface area contributed by atoms with Crippen molar-refractivity contribution in [2.45, 2.75) is 45.4 Å². The van der Waals surface area contributed by atoms with E-state index in [1.165, 1.54) is 0 Å². The van der Waals surface area contributed by atoms with Crippen LogP contribution in [-0.2, 0) is 6.54 Å². The summed E-state index contributed by atoms with van der Waals surface area (Å²) in [5, 5.41) is 10.5. The van der Waals surface area contributed by atoms with Crippen LogP contribution in [0.15, 0.2) is 36.5 Å². The molecule has 3 rings (SSSR count). The van der Waals surface area contributed by atoms with Crippen LogP contribution in [0.2, 0.25) is 0 Å². The van der Waals surface area contributed by atoms with Gasteiger partial charge in [0.15, 0.2) is 0 Å². The summed E-state index contributed by atoms with van der Waals surface area (Å²) in [6, 6.07) is 10.4. The van der Waals surface area contributed by atoms with E-state index in [4.69, 9.17) is 4.74 Å². The van der Waals surface area contributed by atoms with Crippen molar-refractivity contribution in [1.82, 2.24) is 14.8 Å². The molecule has 1 fully saturated rings. The Hall–Kier alpha value is -1.95. The van der Waals surface area contributed by atoms with Crippen molar-refractivity contribution < 1.29 is 9.84 Å². The first-order chi connectivity index (χ1) is 13.5. The average molecular weight is 384 g/mol. The second-order valence-electron chi connectivity index (χ2n) is 7.92. The summed E-state index contributed by atoms with van der Waals surface area (Å²) < 4.78 is 5.54. The maximum Gasteiger partial charge on any atom is 0.128 e. The number of aliphatic hydroxyl groups excluding tert-OH is 1. The van der Waals surface area contributed by atoms with Gasteiger partial charge in [0.1, 0.15) is 5.75 Å². The van der Waals surface area contributed by atoms with E-state index in [-0.39, 0.29) is 0 Å². The number of benzene rings is 1. The van der Waals surface area contributed by atoms with Crippen LogP contribution in [0.5, 0.6) is 5.75 Å². The third-order valence-electron chi connectivity index (χ3n) is 5.95. The normalized spacial score (nSPS) is 17.1. The molecule has 0 amide bonds. The Morgan fingerprint density at radius 3 is 2.54 bits per heavy atom. The summed E-state index contributed by atoms with van der Waals surface area (Å²) in [5.74, 6) is 0.953. The third-order valence-corrected chi connectivity index (χ3v) is 5.95.